The van der Waals surface area contributed by atoms with Crippen molar-refractivity contribution in [3.63, 3.8) is 0 Å². The van der Waals surface area contributed by atoms with Crippen molar-refractivity contribution in [1.29, 1.82) is 0 Å². The molecule has 2 aromatic rings. The number of nitrogens with two attached hydrogens (primary N) is 1. The quantitative estimate of drug-likeness (QED) is 0.553. The van der Waals surface area contributed by atoms with E-state index in [2.05, 4.69) is 15.0 Å². The van der Waals surface area contributed by atoms with Crippen LogP contribution in [0.3, 0.4) is 0 Å². The zero-order valence-electron chi connectivity index (χ0n) is 17.1. The molecule has 0 aromatic heterocycles. The Labute approximate surface area is 181 Å². The van der Waals surface area contributed by atoms with Crippen LogP contribution in [0, 0.1) is 5.92 Å². The topological polar surface area (TPSA) is 148 Å². The SMILES string of the molecule is CC(C)[C@H](N=C1NS(=O)(=O)c2ccccc21)C(=O)NCCc1ccc(S(N)(=O)=O)cc1. The standard InChI is InChI=1S/C20H24N4O5S2/c1-13(2)18(23-19-16-5-3-4-6-17(16)31(28,29)24-19)20(25)22-12-11-14-7-9-15(10-8-14)30(21,26)27/h3-10,13,18H,11-12H2,1-2H3,(H,22,25)(H,23,24)(H2,21,26,27)/t18-/m0/s1. The first-order valence-electron chi connectivity index (χ1n) is 9.58. The van der Waals surface area contributed by atoms with E-state index in [9.17, 15) is 21.6 Å². The highest BCUT2D eigenvalue weighted by Crippen LogP contribution is 2.23. The number of aliphatic imine (C=N–C) groups is 1. The molecule has 0 saturated heterocycles. The number of nitrogens with one attached hydrogen (secondary N) is 2. The fourth-order valence-corrected chi connectivity index (χ4v) is 4.91. The first kappa shape index (κ1) is 22.9. The number of benzene rings is 2. The molecule has 1 aliphatic heterocycles. The summed E-state index contributed by atoms with van der Waals surface area (Å²) in [6.07, 6.45) is 0.480. The fraction of sp³-hybridized carbons (Fsp3) is 0.300. The molecule has 0 fully saturated rings. The monoisotopic (exact) mass is 464 g/mol. The summed E-state index contributed by atoms with van der Waals surface area (Å²) in [6.45, 7) is 3.97. The van der Waals surface area contributed by atoms with Gasteiger partial charge < -0.3 is 5.32 Å². The van der Waals surface area contributed by atoms with Crippen LogP contribution in [0.4, 0.5) is 0 Å². The molecule has 0 spiro atoms. The summed E-state index contributed by atoms with van der Waals surface area (Å²) in [4.78, 5) is 17.3. The van der Waals surface area contributed by atoms with E-state index >= 15 is 0 Å². The molecule has 0 radical (unpaired) electrons. The van der Waals surface area contributed by atoms with Crippen LogP contribution in [0.25, 0.3) is 0 Å². The Kier molecular flexibility index (Phi) is 6.48. The molecular weight excluding hydrogens is 440 g/mol. The van der Waals surface area contributed by atoms with Gasteiger partial charge in [-0.2, -0.15) is 0 Å². The van der Waals surface area contributed by atoms with Gasteiger partial charge >= 0.3 is 0 Å². The molecule has 31 heavy (non-hydrogen) atoms. The minimum absolute atomic E-state index is 0.0234. The molecule has 11 heteroatoms. The van der Waals surface area contributed by atoms with Crippen molar-refractivity contribution in [1.82, 2.24) is 10.0 Å². The van der Waals surface area contributed by atoms with E-state index in [1.165, 1.54) is 18.2 Å². The average Bonchev–Trinajstić information content (AvgIpc) is 2.96. The van der Waals surface area contributed by atoms with Crippen molar-refractivity contribution in [3.8, 4) is 0 Å². The number of rotatable bonds is 7. The van der Waals surface area contributed by atoms with Crippen LogP contribution in [0.15, 0.2) is 63.3 Å². The summed E-state index contributed by atoms with van der Waals surface area (Å²) in [6, 6.07) is 11.8. The van der Waals surface area contributed by atoms with Crippen molar-refractivity contribution < 1.29 is 21.6 Å². The summed E-state index contributed by atoms with van der Waals surface area (Å²) in [7, 11) is -7.43. The lowest BCUT2D eigenvalue weighted by atomic mass is 10.0. The van der Waals surface area contributed by atoms with Gasteiger partial charge in [0.2, 0.25) is 15.9 Å². The molecule has 1 amide bonds. The number of carbonyl (C=O) groups is 1. The van der Waals surface area contributed by atoms with Gasteiger partial charge in [-0.15, -0.1) is 0 Å². The van der Waals surface area contributed by atoms with Gasteiger partial charge in [0.1, 0.15) is 11.9 Å². The minimum Gasteiger partial charge on any atom is -0.354 e. The van der Waals surface area contributed by atoms with Crippen LogP contribution >= 0.6 is 0 Å². The maximum atomic E-state index is 12.7. The lowest BCUT2D eigenvalue weighted by Crippen LogP contribution is -2.39. The molecule has 0 unspecified atom stereocenters. The third-order valence-corrected chi connectivity index (χ3v) is 7.12. The Bertz CT molecular complexity index is 1220. The van der Waals surface area contributed by atoms with Gasteiger partial charge in [0.15, 0.2) is 0 Å². The predicted octanol–water partition coefficient (Wildman–Crippen LogP) is 0.756. The van der Waals surface area contributed by atoms with Crippen LogP contribution in [0.1, 0.15) is 25.0 Å². The summed E-state index contributed by atoms with van der Waals surface area (Å²) in [5.41, 5.74) is 1.27. The van der Waals surface area contributed by atoms with Gasteiger partial charge in [0, 0.05) is 12.1 Å². The maximum absolute atomic E-state index is 12.7. The highest BCUT2D eigenvalue weighted by Gasteiger charge is 2.32. The molecule has 1 atom stereocenters. The number of amides is 1. The maximum Gasteiger partial charge on any atom is 0.263 e. The number of nitrogens with zero attached hydrogens (tertiary/aromatic N) is 1. The van der Waals surface area contributed by atoms with E-state index in [0.717, 1.165) is 5.56 Å². The van der Waals surface area contributed by atoms with Crippen molar-refractivity contribution in [3.05, 3.63) is 59.7 Å². The molecule has 1 aliphatic rings. The Hall–Kier alpha value is -2.76. The van der Waals surface area contributed by atoms with Crippen LogP contribution in [0.2, 0.25) is 0 Å². The Morgan fingerprint density at radius 2 is 1.77 bits per heavy atom. The third-order valence-electron chi connectivity index (χ3n) is 4.80. The largest absolute Gasteiger partial charge is 0.354 e. The highest BCUT2D eigenvalue weighted by molar-refractivity contribution is 7.90. The number of carbonyl (C=O) groups excluding carboxylic acids is 1. The molecule has 3 rings (SSSR count). The van der Waals surface area contributed by atoms with Crippen molar-refractivity contribution in [2.24, 2.45) is 16.0 Å². The molecule has 9 nitrogen and oxygen atoms in total. The smallest absolute Gasteiger partial charge is 0.263 e. The third kappa shape index (κ3) is 5.30. The van der Waals surface area contributed by atoms with Crippen molar-refractivity contribution in [2.45, 2.75) is 36.1 Å². The van der Waals surface area contributed by atoms with Gasteiger partial charge in [-0.05, 0) is 42.2 Å². The number of sulfonamides is 2. The second kappa shape index (κ2) is 8.77. The highest BCUT2D eigenvalue weighted by atomic mass is 32.2. The molecule has 0 aliphatic carbocycles. The van der Waals surface area contributed by atoms with E-state index in [1.807, 2.05) is 13.8 Å². The van der Waals surface area contributed by atoms with Crippen LogP contribution < -0.4 is 15.2 Å². The number of hydrogen-bond donors (Lipinski definition) is 3. The second-order valence-corrected chi connectivity index (χ2v) is 10.7. The Balaban J connectivity index is 1.69. The van der Waals surface area contributed by atoms with Gasteiger partial charge in [-0.25, -0.2) is 22.0 Å². The van der Waals surface area contributed by atoms with Crippen LogP contribution in [-0.4, -0.2) is 41.2 Å². The van der Waals surface area contributed by atoms with E-state index in [0.29, 0.717) is 18.5 Å². The Morgan fingerprint density at radius 1 is 1.13 bits per heavy atom. The predicted molar refractivity (Wildman–Crippen MR) is 116 cm³/mol. The first-order chi connectivity index (χ1) is 14.5. The number of fused-ring (bicyclic) bond motifs is 1. The van der Waals surface area contributed by atoms with Crippen LogP contribution in [0.5, 0.6) is 0 Å². The summed E-state index contributed by atoms with van der Waals surface area (Å²) in [5, 5.41) is 7.89. The zero-order valence-corrected chi connectivity index (χ0v) is 18.7. The molecular formula is C20H24N4O5S2. The molecule has 1 heterocycles. The molecule has 4 N–H and O–H groups in total. The van der Waals surface area contributed by atoms with Gasteiger partial charge in [-0.1, -0.05) is 38.1 Å². The minimum atomic E-state index is -3.75. The number of hydrogen-bond acceptors (Lipinski definition) is 6. The summed E-state index contributed by atoms with van der Waals surface area (Å²) >= 11 is 0. The number of amidine groups is 1. The average molecular weight is 465 g/mol. The van der Waals surface area contributed by atoms with E-state index < -0.39 is 26.1 Å². The van der Waals surface area contributed by atoms with E-state index in [-0.39, 0.29) is 27.5 Å². The zero-order chi connectivity index (χ0) is 22.8. The summed E-state index contributed by atoms with van der Waals surface area (Å²) in [5.74, 6) is -0.339. The van der Waals surface area contributed by atoms with Crippen LogP contribution in [-0.2, 0) is 31.3 Å². The van der Waals surface area contributed by atoms with E-state index in [1.54, 1.807) is 30.3 Å². The van der Waals surface area contributed by atoms with E-state index in [4.69, 9.17) is 5.14 Å². The van der Waals surface area contributed by atoms with Gasteiger partial charge in [-0.3, -0.25) is 14.5 Å². The number of primary sulfonamides is 1. The van der Waals surface area contributed by atoms with Crippen molar-refractivity contribution in [2.75, 3.05) is 6.54 Å². The molecule has 0 bridgehead atoms. The van der Waals surface area contributed by atoms with Crippen molar-refractivity contribution >= 4 is 31.8 Å². The lowest BCUT2D eigenvalue weighted by Gasteiger charge is -2.17. The fourth-order valence-electron chi connectivity index (χ4n) is 3.16. The second-order valence-electron chi connectivity index (χ2n) is 7.50. The molecule has 0 saturated carbocycles. The molecule has 166 valence electrons. The summed E-state index contributed by atoms with van der Waals surface area (Å²) < 4.78 is 49.6. The Morgan fingerprint density at radius 3 is 2.39 bits per heavy atom. The normalized spacial score (nSPS) is 17.2. The van der Waals surface area contributed by atoms with Gasteiger partial charge in [0.05, 0.1) is 9.79 Å². The first-order valence-corrected chi connectivity index (χ1v) is 12.6. The molecule has 2 aromatic carbocycles. The van der Waals surface area contributed by atoms with Gasteiger partial charge in [0.25, 0.3) is 10.0 Å². The lowest BCUT2D eigenvalue weighted by molar-refractivity contribution is -0.123.